The van der Waals surface area contributed by atoms with Gasteiger partial charge < -0.3 is 5.11 Å². The molecule has 0 radical (unpaired) electrons. The Morgan fingerprint density at radius 1 is 1.12 bits per heavy atom. The first kappa shape index (κ1) is 12.8. The number of carbonyl (C=O) groups is 1. The molecule has 0 aliphatic heterocycles. The molecule has 1 N–H and O–H groups in total. The van der Waals surface area contributed by atoms with Crippen LogP contribution < -0.4 is 0 Å². The summed E-state index contributed by atoms with van der Waals surface area (Å²) in [5.74, 6) is -0.109. The van der Waals surface area contributed by atoms with Gasteiger partial charge in [0.2, 0.25) is 0 Å². The lowest BCUT2D eigenvalue weighted by Gasteiger charge is -2.43. The number of ketones is 1. The van der Waals surface area contributed by atoms with E-state index in [4.69, 9.17) is 0 Å². The van der Waals surface area contributed by atoms with Crippen molar-refractivity contribution in [2.24, 2.45) is 10.8 Å². The molecule has 0 aromatic carbocycles. The molecule has 0 spiro atoms. The van der Waals surface area contributed by atoms with Crippen molar-refractivity contribution < 1.29 is 9.90 Å². The summed E-state index contributed by atoms with van der Waals surface area (Å²) in [5.41, 5.74) is 0.529. The molecule has 2 aliphatic carbocycles. The standard InChI is InChI=1S/C15H24O2/c1-13(2)7-5-8-14(13,3)11-6-9-15(4,17)12(16)10-11/h10,17H,5-9H2,1-4H3. The minimum atomic E-state index is -1.14. The van der Waals surface area contributed by atoms with Crippen LogP contribution in [0.1, 0.15) is 59.8 Å². The van der Waals surface area contributed by atoms with E-state index in [9.17, 15) is 9.90 Å². The number of hydrogen-bond donors (Lipinski definition) is 1. The van der Waals surface area contributed by atoms with Gasteiger partial charge in [0.15, 0.2) is 5.78 Å². The summed E-state index contributed by atoms with van der Waals surface area (Å²) in [6.45, 7) is 8.53. The van der Waals surface area contributed by atoms with E-state index in [1.807, 2.05) is 0 Å². The average Bonchev–Trinajstić information content (AvgIpc) is 2.47. The molecule has 2 unspecified atom stereocenters. The minimum Gasteiger partial charge on any atom is -0.382 e. The van der Waals surface area contributed by atoms with Crippen molar-refractivity contribution in [3.8, 4) is 0 Å². The molecular weight excluding hydrogens is 212 g/mol. The first-order valence-corrected chi connectivity index (χ1v) is 6.67. The fourth-order valence-corrected chi connectivity index (χ4v) is 3.42. The van der Waals surface area contributed by atoms with E-state index in [0.29, 0.717) is 6.42 Å². The van der Waals surface area contributed by atoms with Crippen LogP contribution in [0.5, 0.6) is 0 Å². The Morgan fingerprint density at radius 3 is 2.24 bits per heavy atom. The predicted molar refractivity (Wildman–Crippen MR) is 68.7 cm³/mol. The molecule has 0 saturated heterocycles. The topological polar surface area (TPSA) is 37.3 Å². The summed E-state index contributed by atoms with van der Waals surface area (Å²) < 4.78 is 0. The van der Waals surface area contributed by atoms with Gasteiger partial charge in [-0.25, -0.2) is 0 Å². The summed E-state index contributed by atoms with van der Waals surface area (Å²) in [6.07, 6.45) is 6.80. The second kappa shape index (κ2) is 3.68. The highest BCUT2D eigenvalue weighted by atomic mass is 16.3. The van der Waals surface area contributed by atoms with Crippen LogP contribution >= 0.6 is 0 Å². The van der Waals surface area contributed by atoms with Gasteiger partial charge in [-0.15, -0.1) is 0 Å². The van der Waals surface area contributed by atoms with Gasteiger partial charge in [-0.3, -0.25) is 4.79 Å². The Bertz CT molecular complexity index is 376. The normalized spacial score (nSPS) is 41.5. The van der Waals surface area contributed by atoms with Crippen LogP contribution in [0.3, 0.4) is 0 Å². The zero-order valence-corrected chi connectivity index (χ0v) is 11.5. The Hall–Kier alpha value is -0.630. The molecule has 2 atom stereocenters. The maximum atomic E-state index is 11.9. The molecule has 0 amide bonds. The minimum absolute atomic E-state index is 0.109. The third kappa shape index (κ3) is 1.87. The van der Waals surface area contributed by atoms with Gasteiger partial charge in [0, 0.05) is 0 Å². The smallest absolute Gasteiger partial charge is 0.186 e. The monoisotopic (exact) mass is 236 g/mol. The number of hydrogen-bond acceptors (Lipinski definition) is 2. The van der Waals surface area contributed by atoms with Gasteiger partial charge in [0.25, 0.3) is 0 Å². The van der Waals surface area contributed by atoms with Gasteiger partial charge in [0.1, 0.15) is 5.60 Å². The number of allylic oxidation sites excluding steroid dienone is 1. The van der Waals surface area contributed by atoms with Crippen LogP contribution in [0, 0.1) is 10.8 Å². The lowest BCUT2D eigenvalue weighted by molar-refractivity contribution is -0.132. The number of carbonyl (C=O) groups excluding carboxylic acids is 1. The largest absolute Gasteiger partial charge is 0.382 e. The molecule has 0 aromatic heterocycles. The molecule has 17 heavy (non-hydrogen) atoms. The fourth-order valence-electron chi connectivity index (χ4n) is 3.42. The molecule has 1 fully saturated rings. The summed E-state index contributed by atoms with van der Waals surface area (Å²) in [6, 6.07) is 0. The van der Waals surface area contributed by atoms with E-state index in [0.717, 1.165) is 6.42 Å². The second-order valence-corrected chi connectivity index (χ2v) is 6.88. The highest BCUT2D eigenvalue weighted by Gasteiger charge is 2.49. The van der Waals surface area contributed by atoms with E-state index in [2.05, 4.69) is 20.8 Å². The molecule has 2 rings (SSSR count). The maximum Gasteiger partial charge on any atom is 0.186 e. The molecule has 0 bridgehead atoms. The third-order valence-corrected chi connectivity index (χ3v) is 5.40. The molecule has 2 nitrogen and oxygen atoms in total. The molecular formula is C15H24O2. The quantitative estimate of drug-likeness (QED) is 0.759. The summed E-state index contributed by atoms with van der Waals surface area (Å²) >= 11 is 0. The van der Waals surface area contributed by atoms with Crippen LogP contribution in [-0.2, 0) is 4.79 Å². The first-order valence-electron chi connectivity index (χ1n) is 6.67. The summed E-state index contributed by atoms with van der Waals surface area (Å²) in [4.78, 5) is 11.9. The lowest BCUT2D eigenvalue weighted by atomic mass is 9.62. The zero-order chi connectivity index (χ0) is 12.9. The van der Waals surface area contributed by atoms with E-state index in [1.54, 1.807) is 13.0 Å². The van der Waals surface area contributed by atoms with Crippen LogP contribution in [0.4, 0.5) is 0 Å². The summed E-state index contributed by atoms with van der Waals surface area (Å²) in [5, 5.41) is 9.92. The third-order valence-electron chi connectivity index (χ3n) is 5.40. The Morgan fingerprint density at radius 2 is 1.76 bits per heavy atom. The van der Waals surface area contributed by atoms with E-state index in [1.165, 1.54) is 24.8 Å². The highest BCUT2D eigenvalue weighted by Crippen LogP contribution is 2.58. The second-order valence-electron chi connectivity index (χ2n) is 6.88. The fraction of sp³-hybridized carbons (Fsp3) is 0.800. The van der Waals surface area contributed by atoms with Crippen LogP contribution in [0.15, 0.2) is 11.6 Å². The van der Waals surface area contributed by atoms with Gasteiger partial charge >= 0.3 is 0 Å². The van der Waals surface area contributed by atoms with Crippen molar-refractivity contribution in [1.29, 1.82) is 0 Å². The average molecular weight is 236 g/mol. The lowest BCUT2D eigenvalue weighted by Crippen LogP contribution is -2.41. The predicted octanol–water partition coefficient (Wildman–Crippen LogP) is 3.24. The Labute approximate surface area is 104 Å². The molecule has 2 aliphatic rings. The molecule has 2 heteroatoms. The molecule has 0 heterocycles. The van der Waals surface area contributed by atoms with Gasteiger partial charge in [-0.05, 0) is 49.5 Å². The molecule has 96 valence electrons. The van der Waals surface area contributed by atoms with Crippen molar-refractivity contribution in [1.82, 2.24) is 0 Å². The van der Waals surface area contributed by atoms with Gasteiger partial charge in [-0.2, -0.15) is 0 Å². The van der Waals surface area contributed by atoms with E-state index < -0.39 is 5.60 Å². The van der Waals surface area contributed by atoms with Crippen LogP contribution in [0.2, 0.25) is 0 Å². The van der Waals surface area contributed by atoms with Gasteiger partial charge in [-0.1, -0.05) is 32.8 Å². The number of aliphatic hydroxyl groups is 1. The number of rotatable bonds is 1. The Balaban J connectivity index is 2.34. The van der Waals surface area contributed by atoms with Crippen LogP contribution in [-0.4, -0.2) is 16.5 Å². The molecule has 0 aromatic rings. The SMILES string of the molecule is CC1(O)CCC(C2(C)CCCC2(C)C)=CC1=O. The van der Waals surface area contributed by atoms with Crippen molar-refractivity contribution in [3.63, 3.8) is 0 Å². The highest BCUT2D eigenvalue weighted by molar-refractivity contribution is 5.98. The van der Waals surface area contributed by atoms with E-state index in [-0.39, 0.29) is 16.6 Å². The van der Waals surface area contributed by atoms with Crippen molar-refractivity contribution in [2.45, 2.75) is 65.4 Å². The first-order chi connectivity index (χ1) is 7.69. The van der Waals surface area contributed by atoms with Crippen molar-refractivity contribution >= 4 is 5.78 Å². The van der Waals surface area contributed by atoms with Gasteiger partial charge in [0.05, 0.1) is 0 Å². The van der Waals surface area contributed by atoms with Crippen molar-refractivity contribution in [3.05, 3.63) is 11.6 Å². The summed E-state index contributed by atoms with van der Waals surface area (Å²) in [7, 11) is 0. The van der Waals surface area contributed by atoms with E-state index >= 15 is 0 Å². The Kier molecular flexibility index (Phi) is 2.77. The van der Waals surface area contributed by atoms with Crippen molar-refractivity contribution in [2.75, 3.05) is 0 Å². The zero-order valence-electron chi connectivity index (χ0n) is 11.5. The maximum absolute atomic E-state index is 11.9. The molecule has 1 saturated carbocycles. The van der Waals surface area contributed by atoms with Crippen LogP contribution in [0.25, 0.3) is 0 Å².